The number of benzene rings is 1. The third-order valence-corrected chi connectivity index (χ3v) is 3.01. The van der Waals surface area contributed by atoms with Crippen molar-refractivity contribution in [3.8, 4) is 5.75 Å². The predicted octanol–water partition coefficient (Wildman–Crippen LogP) is 3.77. The molecule has 0 amide bonds. The highest BCUT2D eigenvalue weighted by molar-refractivity contribution is 6.32. The number of nitrogens with one attached hydrogen (secondary N) is 1. The highest BCUT2D eigenvalue weighted by atomic mass is 35.5. The Labute approximate surface area is 123 Å². The maximum atomic E-state index is 13.0. The number of aromatic nitrogens is 2. The number of methoxy groups -OCH3 is 1. The van der Waals surface area contributed by atoms with E-state index in [1.807, 2.05) is 0 Å². The van der Waals surface area contributed by atoms with Gasteiger partial charge in [-0.05, 0) is 17.7 Å². The lowest BCUT2D eigenvalue weighted by molar-refractivity contribution is -0.138. The number of nitrogens with zero attached hydrogens (tertiary/aromatic N) is 2. The molecule has 0 fully saturated rings. The summed E-state index contributed by atoms with van der Waals surface area (Å²) in [5, 5.41) is 2.99. The minimum atomic E-state index is -4.47. The lowest BCUT2D eigenvalue weighted by atomic mass is 10.1. The Morgan fingerprint density at radius 1 is 1.33 bits per heavy atom. The van der Waals surface area contributed by atoms with Gasteiger partial charge in [-0.25, -0.2) is 9.97 Å². The van der Waals surface area contributed by atoms with Crippen molar-refractivity contribution < 1.29 is 17.9 Å². The fourth-order valence-corrected chi connectivity index (χ4v) is 1.89. The molecule has 0 aliphatic heterocycles. The Balaban J connectivity index is 2.26. The van der Waals surface area contributed by atoms with E-state index in [0.717, 1.165) is 6.07 Å². The average molecular weight is 318 g/mol. The van der Waals surface area contributed by atoms with E-state index in [1.165, 1.54) is 31.8 Å². The molecular formula is C13H11ClF3N3O. The Bertz CT molecular complexity index is 634. The van der Waals surface area contributed by atoms with Gasteiger partial charge >= 0.3 is 6.18 Å². The molecule has 1 heterocycles. The van der Waals surface area contributed by atoms with Gasteiger partial charge in [0.25, 0.3) is 0 Å². The van der Waals surface area contributed by atoms with Crippen LogP contribution in [-0.2, 0) is 12.7 Å². The summed E-state index contributed by atoms with van der Waals surface area (Å²) in [6.07, 6.45) is -1.86. The number of hydrogen-bond acceptors (Lipinski definition) is 4. The SMILES string of the molecule is COc1ccc(CNc2ncncc2Cl)c(C(F)(F)F)c1. The van der Waals surface area contributed by atoms with Gasteiger partial charge < -0.3 is 10.1 Å². The smallest absolute Gasteiger partial charge is 0.416 e. The first kappa shape index (κ1) is 15.4. The van der Waals surface area contributed by atoms with Crippen LogP contribution >= 0.6 is 11.6 Å². The molecule has 0 atom stereocenters. The molecule has 0 bridgehead atoms. The van der Waals surface area contributed by atoms with Gasteiger partial charge in [0.2, 0.25) is 0 Å². The van der Waals surface area contributed by atoms with Crippen molar-refractivity contribution in [1.29, 1.82) is 0 Å². The number of halogens is 4. The van der Waals surface area contributed by atoms with Crippen molar-refractivity contribution in [2.45, 2.75) is 12.7 Å². The summed E-state index contributed by atoms with van der Waals surface area (Å²) in [5.41, 5.74) is -0.697. The van der Waals surface area contributed by atoms with E-state index in [4.69, 9.17) is 16.3 Å². The van der Waals surface area contributed by atoms with Crippen LogP contribution < -0.4 is 10.1 Å². The molecule has 2 aromatic rings. The second-order valence-corrected chi connectivity index (χ2v) is 4.50. The zero-order valence-electron chi connectivity index (χ0n) is 10.9. The maximum Gasteiger partial charge on any atom is 0.416 e. The lowest BCUT2D eigenvalue weighted by Gasteiger charge is -2.15. The van der Waals surface area contributed by atoms with Crippen LogP contribution in [0.4, 0.5) is 19.0 Å². The minimum Gasteiger partial charge on any atom is -0.497 e. The van der Waals surface area contributed by atoms with Crippen molar-refractivity contribution in [1.82, 2.24) is 9.97 Å². The molecule has 1 aromatic heterocycles. The minimum absolute atomic E-state index is 0.0676. The largest absolute Gasteiger partial charge is 0.497 e. The lowest BCUT2D eigenvalue weighted by Crippen LogP contribution is -2.12. The van der Waals surface area contributed by atoms with E-state index in [2.05, 4.69) is 15.3 Å². The van der Waals surface area contributed by atoms with Crippen LogP contribution in [0.25, 0.3) is 0 Å². The maximum absolute atomic E-state index is 13.0. The molecule has 0 aliphatic rings. The molecule has 0 unspecified atom stereocenters. The van der Waals surface area contributed by atoms with Gasteiger partial charge in [0, 0.05) is 6.54 Å². The summed E-state index contributed by atoms with van der Waals surface area (Å²) in [7, 11) is 1.31. The molecular weight excluding hydrogens is 307 g/mol. The average Bonchev–Trinajstić information content (AvgIpc) is 2.45. The Kier molecular flexibility index (Phi) is 4.52. The van der Waals surface area contributed by atoms with Crippen LogP contribution in [0.1, 0.15) is 11.1 Å². The van der Waals surface area contributed by atoms with E-state index < -0.39 is 11.7 Å². The van der Waals surface area contributed by atoms with Crippen molar-refractivity contribution in [2.75, 3.05) is 12.4 Å². The normalized spacial score (nSPS) is 11.3. The van der Waals surface area contributed by atoms with Crippen LogP contribution in [-0.4, -0.2) is 17.1 Å². The third kappa shape index (κ3) is 3.75. The number of hydrogen-bond donors (Lipinski definition) is 1. The molecule has 2 rings (SSSR count). The van der Waals surface area contributed by atoms with Gasteiger partial charge in [0.15, 0.2) is 0 Å². The molecule has 0 radical (unpaired) electrons. The molecule has 21 heavy (non-hydrogen) atoms. The second kappa shape index (κ2) is 6.17. The van der Waals surface area contributed by atoms with Crippen LogP contribution in [0.15, 0.2) is 30.7 Å². The number of rotatable bonds is 4. The fraction of sp³-hybridized carbons (Fsp3) is 0.231. The number of anilines is 1. The molecule has 0 saturated carbocycles. The van der Waals surface area contributed by atoms with Gasteiger partial charge in [-0.3, -0.25) is 0 Å². The first-order chi connectivity index (χ1) is 9.91. The quantitative estimate of drug-likeness (QED) is 0.932. The summed E-state index contributed by atoms with van der Waals surface area (Å²) in [6, 6.07) is 3.77. The van der Waals surface area contributed by atoms with Crippen LogP contribution in [0, 0.1) is 0 Å². The summed E-state index contributed by atoms with van der Waals surface area (Å²) in [4.78, 5) is 7.56. The molecule has 0 aliphatic carbocycles. The highest BCUT2D eigenvalue weighted by Crippen LogP contribution is 2.34. The van der Waals surface area contributed by atoms with E-state index in [0.29, 0.717) is 0 Å². The van der Waals surface area contributed by atoms with Crippen molar-refractivity contribution in [2.24, 2.45) is 0 Å². The zero-order chi connectivity index (χ0) is 15.5. The van der Waals surface area contributed by atoms with Crippen molar-refractivity contribution in [3.63, 3.8) is 0 Å². The number of ether oxygens (including phenoxy) is 1. The van der Waals surface area contributed by atoms with Gasteiger partial charge in [0.05, 0.1) is 18.9 Å². The van der Waals surface area contributed by atoms with Gasteiger partial charge in [0.1, 0.15) is 22.9 Å². The van der Waals surface area contributed by atoms with Gasteiger partial charge in [-0.1, -0.05) is 17.7 Å². The Hall–Kier alpha value is -2.02. The van der Waals surface area contributed by atoms with E-state index in [-0.39, 0.29) is 28.7 Å². The summed E-state index contributed by atoms with van der Waals surface area (Å²) < 4.78 is 43.9. The van der Waals surface area contributed by atoms with Crippen LogP contribution in [0.2, 0.25) is 5.02 Å². The molecule has 0 spiro atoms. The highest BCUT2D eigenvalue weighted by Gasteiger charge is 2.33. The standard InChI is InChI=1S/C13H11ClF3N3O/c1-21-9-3-2-8(10(4-9)13(15,16)17)5-19-12-11(14)6-18-7-20-12/h2-4,6-7H,5H2,1H3,(H,18,19,20). The van der Waals surface area contributed by atoms with Gasteiger partial charge in [-0.15, -0.1) is 0 Å². The molecule has 4 nitrogen and oxygen atoms in total. The molecule has 1 N–H and O–H groups in total. The van der Waals surface area contributed by atoms with Gasteiger partial charge in [-0.2, -0.15) is 13.2 Å². The first-order valence-electron chi connectivity index (χ1n) is 5.85. The fourth-order valence-electron chi connectivity index (χ4n) is 1.72. The first-order valence-corrected chi connectivity index (χ1v) is 6.23. The summed E-state index contributed by atoms with van der Waals surface area (Å²) >= 11 is 5.84. The van der Waals surface area contributed by atoms with Crippen molar-refractivity contribution >= 4 is 17.4 Å². The summed E-state index contributed by atoms with van der Waals surface area (Å²) in [5.74, 6) is 0.418. The molecule has 112 valence electrons. The van der Waals surface area contributed by atoms with Crippen molar-refractivity contribution in [3.05, 3.63) is 46.9 Å². The summed E-state index contributed by atoms with van der Waals surface area (Å²) in [6.45, 7) is -0.0738. The predicted molar refractivity (Wildman–Crippen MR) is 72.4 cm³/mol. The van der Waals surface area contributed by atoms with E-state index in [9.17, 15) is 13.2 Å². The second-order valence-electron chi connectivity index (χ2n) is 4.09. The monoisotopic (exact) mass is 317 g/mol. The molecule has 1 aromatic carbocycles. The third-order valence-electron chi connectivity index (χ3n) is 2.74. The van der Waals surface area contributed by atoms with Crippen LogP contribution in [0.5, 0.6) is 5.75 Å². The zero-order valence-corrected chi connectivity index (χ0v) is 11.7. The van der Waals surface area contributed by atoms with E-state index in [1.54, 1.807) is 0 Å². The molecule has 8 heteroatoms. The Morgan fingerprint density at radius 2 is 2.10 bits per heavy atom. The number of alkyl halides is 3. The van der Waals surface area contributed by atoms with Crippen LogP contribution in [0.3, 0.4) is 0 Å². The van der Waals surface area contributed by atoms with E-state index >= 15 is 0 Å². The molecule has 0 saturated heterocycles. The topological polar surface area (TPSA) is 47.0 Å². The Morgan fingerprint density at radius 3 is 2.71 bits per heavy atom.